The van der Waals surface area contributed by atoms with Gasteiger partial charge in [-0.2, -0.15) is 0 Å². The minimum Gasteiger partial charge on any atom is -0.392 e. The van der Waals surface area contributed by atoms with Crippen LogP contribution < -0.4 is 0 Å². The summed E-state index contributed by atoms with van der Waals surface area (Å²) in [6.07, 6.45) is 0. The smallest absolute Gasteiger partial charge is 0.137 e. The first-order valence-corrected chi connectivity index (χ1v) is 4.00. The number of benzene rings is 1. The standard InChI is InChI=1S/C8H8BrFO/c1-5-2-7(9)8(10)3-6(5)4-11/h2-3,11H,4H2,1H3. The molecule has 0 spiro atoms. The highest BCUT2D eigenvalue weighted by atomic mass is 79.9. The van der Waals surface area contributed by atoms with E-state index in [1.807, 2.05) is 6.92 Å². The van der Waals surface area contributed by atoms with Crippen molar-refractivity contribution < 1.29 is 9.50 Å². The molecule has 1 aromatic rings. The van der Waals surface area contributed by atoms with Crippen LogP contribution >= 0.6 is 15.9 Å². The molecule has 3 heteroatoms. The van der Waals surface area contributed by atoms with Crippen LogP contribution in [-0.2, 0) is 6.61 Å². The highest BCUT2D eigenvalue weighted by molar-refractivity contribution is 9.10. The lowest BCUT2D eigenvalue weighted by Gasteiger charge is -2.02. The molecule has 0 saturated heterocycles. The van der Waals surface area contributed by atoms with Gasteiger partial charge in [-0.3, -0.25) is 0 Å². The zero-order valence-corrected chi connectivity index (χ0v) is 7.65. The number of rotatable bonds is 1. The highest BCUT2D eigenvalue weighted by Crippen LogP contribution is 2.19. The Kier molecular flexibility index (Phi) is 2.62. The molecule has 0 aliphatic carbocycles. The lowest BCUT2D eigenvalue weighted by atomic mass is 10.1. The fraction of sp³-hybridized carbons (Fsp3) is 0.250. The molecule has 0 unspecified atom stereocenters. The number of hydrogen-bond acceptors (Lipinski definition) is 1. The van der Waals surface area contributed by atoms with E-state index < -0.39 is 0 Å². The van der Waals surface area contributed by atoms with E-state index in [0.717, 1.165) is 5.56 Å². The third-order valence-electron chi connectivity index (χ3n) is 1.55. The van der Waals surface area contributed by atoms with Gasteiger partial charge in [0.1, 0.15) is 5.82 Å². The third kappa shape index (κ3) is 1.79. The van der Waals surface area contributed by atoms with Crippen molar-refractivity contribution in [2.75, 3.05) is 0 Å². The predicted molar refractivity (Wildman–Crippen MR) is 44.8 cm³/mol. The third-order valence-corrected chi connectivity index (χ3v) is 2.16. The molecule has 0 radical (unpaired) electrons. The van der Waals surface area contributed by atoms with Crippen molar-refractivity contribution in [3.05, 3.63) is 33.5 Å². The Hall–Kier alpha value is -0.410. The summed E-state index contributed by atoms with van der Waals surface area (Å²) in [5, 5.41) is 8.75. The van der Waals surface area contributed by atoms with E-state index >= 15 is 0 Å². The van der Waals surface area contributed by atoms with Gasteiger partial charge in [0.15, 0.2) is 0 Å². The topological polar surface area (TPSA) is 20.2 Å². The van der Waals surface area contributed by atoms with Gasteiger partial charge in [0.25, 0.3) is 0 Å². The summed E-state index contributed by atoms with van der Waals surface area (Å²) in [5.41, 5.74) is 1.52. The van der Waals surface area contributed by atoms with Crippen LogP contribution in [0.5, 0.6) is 0 Å². The van der Waals surface area contributed by atoms with E-state index in [0.29, 0.717) is 10.0 Å². The quantitative estimate of drug-likeness (QED) is 0.768. The molecule has 0 saturated carbocycles. The van der Waals surface area contributed by atoms with Crippen molar-refractivity contribution in [1.82, 2.24) is 0 Å². The summed E-state index contributed by atoms with van der Waals surface area (Å²) in [5.74, 6) is -0.334. The molecule has 0 atom stereocenters. The van der Waals surface area contributed by atoms with Gasteiger partial charge in [0.2, 0.25) is 0 Å². The first kappa shape index (κ1) is 8.68. The second-order valence-electron chi connectivity index (χ2n) is 2.35. The summed E-state index contributed by atoms with van der Waals surface area (Å²) >= 11 is 3.05. The molecule has 1 rings (SSSR count). The monoisotopic (exact) mass is 218 g/mol. The molecule has 0 aliphatic heterocycles. The van der Waals surface area contributed by atoms with Crippen molar-refractivity contribution >= 4 is 15.9 Å². The Morgan fingerprint density at radius 1 is 1.55 bits per heavy atom. The summed E-state index contributed by atoms with van der Waals surface area (Å²) < 4.78 is 13.2. The van der Waals surface area contributed by atoms with Crippen molar-refractivity contribution in [3.8, 4) is 0 Å². The molecular formula is C8H8BrFO. The van der Waals surface area contributed by atoms with Crippen LogP contribution in [0.15, 0.2) is 16.6 Å². The Balaban J connectivity index is 3.21. The highest BCUT2D eigenvalue weighted by Gasteiger charge is 2.03. The molecule has 11 heavy (non-hydrogen) atoms. The van der Waals surface area contributed by atoms with Crippen LogP contribution in [0.3, 0.4) is 0 Å². The minimum absolute atomic E-state index is 0.115. The Bertz CT molecular complexity index is 273. The number of halogens is 2. The average molecular weight is 219 g/mol. The lowest BCUT2D eigenvalue weighted by Crippen LogP contribution is -1.90. The molecule has 0 bridgehead atoms. The predicted octanol–water partition coefficient (Wildman–Crippen LogP) is 2.39. The molecule has 0 heterocycles. The second-order valence-corrected chi connectivity index (χ2v) is 3.21. The first-order valence-electron chi connectivity index (χ1n) is 3.20. The number of aliphatic hydroxyl groups is 1. The molecule has 60 valence electrons. The van der Waals surface area contributed by atoms with Gasteiger partial charge in [-0.1, -0.05) is 0 Å². The lowest BCUT2D eigenvalue weighted by molar-refractivity contribution is 0.280. The fourth-order valence-corrected chi connectivity index (χ4v) is 1.32. The zero-order chi connectivity index (χ0) is 8.43. The second kappa shape index (κ2) is 3.32. The first-order chi connectivity index (χ1) is 5.15. The average Bonchev–Trinajstić information content (AvgIpc) is 1.97. The van der Waals surface area contributed by atoms with E-state index in [1.54, 1.807) is 6.07 Å². The summed E-state index contributed by atoms with van der Waals surface area (Å²) in [6, 6.07) is 2.99. The summed E-state index contributed by atoms with van der Waals surface area (Å²) in [7, 11) is 0. The van der Waals surface area contributed by atoms with Gasteiger partial charge in [0, 0.05) is 0 Å². The molecular weight excluding hydrogens is 211 g/mol. The largest absolute Gasteiger partial charge is 0.392 e. The van der Waals surface area contributed by atoms with Gasteiger partial charge in [-0.25, -0.2) is 4.39 Å². The van der Waals surface area contributed by atoms with Crippen LogP contribution in [0, 0.1) is 12.7 Å². The van der Waals surface area contributed by atoms with Gasteiger partial charge >= 0.3 is 0 Å². The summed E-state index contributed by atoms with van der Waals surface area (Å²) in [6.45, 7) is 1.71. The van der Waals surface area contributed by atoms with E-state index in [4.69, 9.17) is 5.11 Å². The maximum absolute atomic E-state index is 12.8. The van der Waals surface area contributed by atoms with Gasteiger partial charge < -0.3 is 5.11 Å². The number of aliphatic hydroxyl groups excluding tert-OH is 1. The van der Waals surface area contributed by atoms with Crippen LogP contribution in [0.2, 0.25) is 0 Å². The molecule has 0 amide bonds. The van der Waals surface area contributed by atoms with E-state index in [2.05, 4.69) is 15.9 Å². The zero-order valence-electron chi connectivity index (χ0n) is 6.06. The SMILES string of the molecule is Cc1cc(Br)c(F)cc1CO. The molecule has 0 aliphatic rings. The van der Waals surface area contributed by atoms with Gasteiger partial charge in [0.05, 0.1) is 11.1 Å². The summed E-state index contributed by atoms with van der Waals surface area (Å²) in [4.78, 5) is 0. The molecule has 1 nitrogen and oxygen atoms in total. The van der Waals surface area contributed by atoms with E-state index in [9.17, 15) is 4.39 Å². The molecule has 1 aromatic carbocycles. The molecule has 0 fully saturated rings. The van der Waals surface area contributed by atoms with Crippen molar-refractivity contribution in [2.24, 2.45) is 0 Å². The Labute approximate surface area is 73.0 Å². The maximum Gasteiger partial charge on any atom is 0.137 e. The van der Waals surface area contributed by atoms with Crippen LogP contribution in [-0.4, -0.2) is 5.11 Å². The normalized spacial score (nSPS) is 10.2. The van der Waals surface area contributed by atoms with Crippen molar-refractivity contribution in [2.45, 2.75) is 13.5 Å². The van der Waals surface area contributed by atoms with Gasteiger partial charge in [-0.15, -0.1) is 0 Å². The fourth-order valence-electron chi connectivity index (χ4n) is 0.858. The maximum atomic E-state index is 12.8. The van der Waals surface area contributed by atoms with E-state index in [1.165, 1.54) is 6.07 Å². The number of hydrogen-bond donors (Lipinski definition) is 1. The van der Waals surface area contributed by atoms with Crippen LogP contribution in [0.4, 0.5) is 4.39 Å². The van der Waals surface area contributed by atoms with Crippen molar-refractivity contribution in [3.63, 3.8) is 0 Å². The Morgan fingerprint density at radius 3 is 2.73 bits per heavy atom. The minimum atomic E-state index is -0.334. The Morgan fingerprint density at radius 2 is 2.18 bits per heavy atom. The van der Waals surface area contributed by atoms with Crippen molar-refractivity contribution in [1.29, 1.82) is 0 Å². The van der Waals surface area contributed by atoms with Crippen LogP contribution in [0.1, 0.15) is 11.1 Å². The molecule has 0 aromatic heterocycles. The number of aryl methyl sites for hydroxylation is 1. The molecule has 1 N–H and O–H groups in total. The van der Waals surface area contributed by atoms with Crippen LogP contribution in [0.25, 0.3) is 0 Å². The van der Waals surface area contributed by atoms with E-state index in [-0.39, 0.29) is 12.4 Å². The van der Waals surface area contributed by atoms with Gasteiger partial charge in [-0.05, 0) is 46.1 Å².